The van der Waals surface area contributed by atoms with Gasteiger partial charge in [-0.2, -0.15) is 0 Å². The van der Waals surface area contributed by atoms with Crippen LogP contribution in [0.15, 0.2) is 24.3 Å². The van der Waals surface area contributed by atoms with Gasteiger partial charge >= 0.3 is 6.36 Å². The number of carbonyl (C=O) groups is 1. The minimum Gasteiger partial charge on any atom is -0.406 e. The van der Waals surface area contributed by atoms with Gasteiger partial charge < -0.3 is 19.3 Å². The van der Waals surface area contributed by atoms with Crippen molar-refractivity contribution in [1.29, 1.82) is 0 Å². The molecule has 10 heteroatoms. The van der Waals surface area contributed by atoms with Crippen molar-refractivity contribution in [2.45, 2.75) is 64.9 Å². The molecule has 7 nitrogen and oxygen atoms in total. The maximum atomic E-state index is 13.3. The highest BCUT2D eigenvalue weighted by molar-refractivity contribution is 5.94. The molecule has 3 heterocycles. The van der Waals surface area contributed by atoms with E-state index in [1.807, 2.05) is 18.7 Å². The number of halogens is 3. The van der Waals surface area contributed by atoms with Crippen LogP contribution >= 0.6 is 0 Å². The van der Waals surface area contributed by atoms with Gasteiger partial charge in [-0.3, -0.25) is 9.69 Å². The Morgan fingerprint density at radius 1 is 1.17 bits per heavy atom. The maximum absolute atomic E-state index is 13.3. The third-order valence-corrected chi connectivity index (χ3v) is 6.65. The number of hydrogen-bond donors (Lipinski definition) is 1. The molecule has 1 aromatic carbocycles. The summed E-state index contributed by atoms with van der Waals surface area (Å²) < 4.78 is 43.4. The number of nitrogens with zero attached hydrogens (tertiary/aromatic N) is 4. The molecule has 1 atom stereocenters. The van der Waals surface area contributed by atoms with E-state index in [-0.39, 0.29) is 24.3 Å². The number of aryl methyl sites for hydroxylation is 1. The largest absolute Gasteiger partial charge is 0.573 e. The number of alkyl halides is 3. The fourth-order valence-electron chi connectivity index (χ4n) is 5.11. The number of imidazole rings is 1. The van der Waals surface area contributed by atoms with Crippen LogP contribution in [0.1, 0.15) is 55.7 Å². The van der Waals surface area contributed by atoms with Crippen LogP contribution in [0.2, 0.25) is 0 Å². The summed E-state index contributed by atoms with van der Waals surface area (Å²) in [4.78, 5) is 22.0. The Kier molecular flexibility index (Phi) is 8.82. The van der Waals surface area contributed by atoms with Crippen LogP contribution < -0.4 is 4.74 Å². The summed E-state index contributed by atoms with van der Waals surface area (Å²) in [5, 5.41) is 9.61. The molecule has 2 aromatic rings. The highest BCUT2D eigenvalue weighted by Crippen LogP contribution is 2.30. The predicted molar refractivity (Wildman–Crippen MR) is 127 cm³/mol. The van der Waals surface area contributed by atoms with Crippen LogP contribution in [-0.4, -0.2) is 75.1 Å². The summed E-state index contributed by atoms with van der Waals surface area (Å²) >= 11 is 0. The molecule has 0 spiro atoms. The van der Waals surface area contributed by atoms with Crippen LogP contribution in [0.3, 0.4) is 0 Å². The molecule has 0 saturated carbocycles. The van der Waals surface area contributed by atoms with Crippen LogP contribution in [0.5, 0.6) is 5.75 Å². The van der Waals surface area contributed by atoms with Gasteiger partial charge in [0.25, 0.3) is 5.91 Å². The molecular formula is C25H35F3N4O3. The number of likely N-dealkylation sites (tertiary alicyclic amines) is 2. The number of aliphatic hydroxyl groups is 1. The minimum absolute atomic E-state index is 0.130. The van der Waals surface area contributed by atoms with E-state index in [1.165, 1.54) is 18.2 Å². The Morgan fingerprint density at radius 2 is 1.86 bits per heavy atom. The molecule has 1 aromatic heterocycles. The van der Waals surface area contributed by atoms with E-state index in [1.54, 1.807) is 24.6 Å². The monoisotopic (exact) mass is 496 g/mol. The molecule has 4 rings (SSSR count). The molecule has 194 valence electrons. The second-order valence-electron chi connectivity index (χ2n) is 8.74. The topological polar surface area (TPSA) is 70.8 Å². The standard InChI is InChI=1S/C23H29F3N4O3.C2H6/c1-15-20(22(32)29-11-8-17(9-12-29)30-10-4-6-18(30)14-31)28(2)21(27-15)16-5-3-7-19(13-16)33-23(24,25)26;1-2/h3,5,7,13,17-18,31H,4,6,8-12,14H2,1-2H3;1-2H3/t18-;/m0./s1. The summed E-state index contributed by atoms with van der Waals surface area (Å²) in [6.45, 7) is 8.13. The zero-order valence-electron chi connectivity index (χ0n) is 20.8. The van der Waals surface area contributed by atoms with Crippen molar-refractivity contribution in [2.24, 2.45) is 7.05 Å². The molecule has 0 unspecified atom stereocenters. The highest BCUT2D eigenvalue weighted by Gasteiger charge is 2.35. The molecule has 2 aliphatic heterocycles. The third kappa shape index (κ3) is 6.16. The first-order valence-corrected chi connectivity index (χ1v) is 12.2. The molecular weight excluding hydrogens is 461 g/mol. The van der Waals surface area contributed by atoms with E-state index in [2.05, 4.69) is 14.6 Å². The number of rotatable bonds is 5. The Hall–Kier alpha value is -2.59. The first-order valence-electron chi connectivity index (χ1n) is 12.2. The van der Waals surface area contributed by atoms with Crippen LogP contribution in [0, 0.1) is 6.92 Å². The second-order valence-corrected chi connectivity index (χ2v) is 8.74. The van der Waals surface area contributed by atoms with E-state index in [9.17, 15) is 23.1 Å². The quantitative estimate of drug-likeness (QED) is 0.665. The number of aromatic nitrogens is 2. The van der Waals surface area contributed by atoms with Crippen LogP contribution in [0.4, 0.5) is 13.2 Å². The second kappa shape index (κ2) is 11.4. The average Bonchev–Trinajstić information content (AvgIpc) is 3.43. The molecule has 1 N–H and O–H groups in total. The fourth-order valence-corrected chi connectivity index (χ4v) is 5.11. The summed E-state index contributed by atoms with van der Waals surface area (Å²) in [6, 6.07) is 6.18. The number of benzene rings is 1. The summed E-state index contributed by atoms with van der Waals surface area (Å²) in [7, 11) is 1.70. The highest BCUT2D eigenvalue weighted by atomic mass is 19.4. The van der Waals surface area contributed by atoms with E-state index < -0.39 is 6.36 Å². The Morgan fingerprint density at radius 3 is 2.49 bits per heavy atom. The normalized spacial score (nSPS) is 19.4. The molecule has 35 heavy (non-hydrogen) atoms. The lowest BCUT2D eigenvalue weighted by Crippen LogP contribution is -2.49. The fraction of sp³-hybridized carbons (Fsp3) is 0.600. The molecule has 0 bridgehead atoms. The number of carbonyl (C=O) groups excluding carboxylic acids is 1. The molecule has 0 radical (unpaired) electrons. The first-order chi connectivity index (χ1) is 16.7. The minimum atomic E-state index is -4.78. The zero-order valence-corrected chi connectivity index (χ0v) is 20.8. The van der Waals surface area contributed by atoms with Gasteiger partial charge in [0.05, 0.1) is 12.3 Å². The lowest BCUT2D eigenvalue weighted by Gasteiger charge is -2.39. The number of aliphatic hydroxyl groups excluding tert-OH is 1. The molecule has 0 aliphatic carbocycles. The first kappa shape index (κ1) is 27.0. The van der Waals surface area contributed by atoms with Crippen molar-refractivity contribution in [3.8, 4) is 17.1 Å². The molecule has 2 aliphatic rings. The van der Waals surface area contributed by atoms with Gasteiger partial charge in [-0.15, -0.1) is 13.2 Å². The summed E-state index contributed by atoms with van der Waals surface area (Å²) in [5.41, 5.74) is 1.39. The summed E-state index contributed by atoms with van der Waals surface area (Å²) in [6.07, 6.45) is -0.972. The Bertz CT molecular complexity index is 1000. The van der Waals surface area contributed by atoms with E-state index >= 15 is 0 Å². The van der Waals surface area contributed by atoms with E-state index in [4.69, 9.17) is 0 Å². The van der Waals surface area contributed by atoms with Gasteiger partial charge in [0.1, 0.15) is 17.3 Å². The van der Waals surface area contributed by atoms with Crippen molar-refractivity contribution in [3.63, 3.8) is 0 Å². The maximum Gasteiger partial charge on any atom is 0.573 e. The Balaban J connectivity index is 0.00000167. The SMILES string of the molecule is CC.Cc1nc(-c2cccc(OC(F)(F)F)c2)n(C)c1C(=O)N1CCC(N2CCC[C@H]2CO)CC1. The van der Waals surface area contributed by atoms with Crippen LogP contribution in [0.25, 0.3) is 11.4 Å². The van der Waals surface area contributed by atoms with Crippen molar-refractivity contribution in [3.05, 3.63) is 35.7 Å². The lowest BCUT2D eigenvalue weighted by atomic mass is 10.0. The van der Waals surface area contributed by atoms with Crippen LogP contribution in [-0.2, 0) is 7.05 Å². The molecule has 1 amide bonds. The van der Waals surface area contributed by atoms with Gasteiger partial charge in [0, 0.05) is 37.8 Å². The van der Waals surface area contributed by atoms with Crippen molar-refractivity contribution >= 4 is 5.91 Å². The van der Waals surface area contributed by atoms with Crippen molar-refractivity contribution < 1.29 is 27.8 Å². The van der Waals surface area contributed by atoms with E-state index in [0.29, 0.717) is 41.9 Å². The summed E-state index contributed by atoms with van der Waals surface area (Å²) in [5.74, 6) is -0.0602. The smallest absolute Gasteiger partial charge is 0.406 e. The van der Waals surface area contributed by atoms with Gasteiger partial charge in [-0.25, -0.2) is 4.98 Å². The third-order valence-electron chi connectivity index (χ3n) is 6.65. The predicted octanol–water partition coefficient (Wildman–Crippen LogP) is 4.38. The van der Waals surface area contributed by atoms with Gasteiger partial charge in [-0.05, 0) is 51.3 Å². The Labute approximate surface area is 204 Å². The molecule has 2 fully saturated rings. The number of ether oxygens (including phenoxy) is 1. The van der Waals surface area contributed by atoms with Gasteiger partial charge in [0.15, 0.2) is 0 Å². The van der Waals surface area contributed by atoms with Gasteiger partial charge in [0.2, 0.25) is 0 Å². The lowest BCUT2D eigenvalue weighted by molar-refractivity contribution is -0.274. The number of piperidine rings is 1. The average molecular weight is 497 g/mol. The molecule has 2 saturated heterocycles. The zero-order chi connectivity index (χ0) is 25.8. The van der Waals surface area contributed by atoms with Crippen molar-refractivity contribution in [1.82, 2.24) is 19.4 Å². The van der Waals surface area contributed by atoms with Crippen molar-refractivity contribution in [2.75, 3.05) is 26.2 Å². The van der Waals surface area contributed by atoms with Gasteiger partial charge in [-0.1, -0.05) is 26.0 Å². The van der Waals surface area contributed by atoms with E-state index in [0.717, 1.165) is 32.2 Å². The number of amides is 1. The number of hydrogen-bond acceptors (Lipinski definition) is 5.